The highest BCUT2D eigenvalue weighted by atomic mass is 127. The number of rotatable bonds is 1. The second kappa shape index (κ2) is 3.74. The second-order valence-corrected chi connectivity index (χ2v) is 3.94. The second-order valence-electron chi connectivity index (χ2n) is 2.34. The summed E-state index contributed by atoms with van der Waals surface area (Å²) in [5.41, 5.74) is 0.887. The van der Waals surface area contributed by atoms with Crippen LogP contribution in [-0.4, -0.2) is 5.11 Å². The molecule has 11 heavy (non-hydrogen) atoms. The summed E-state index contributed by atoms with van der Waals surface area (Å²) in [6.07, 6.45) is -0.444. The van der Waals surface area contributed by atoms with Crippen molar-refractivity contribution in [2.45, 2.75) is 13.0 Å². The molecule has 0 heterocycles. The number of hydrogen-bond donors (Lipinski definition) is 1. The Morgan fingerprint density at radius 3 is 2.64 bits per heavy atom. The molecule has 0 bridgehead atoms. The van der Waals surface area contributed by atoms with Crippen LogP contribution in [0.4, 0.5) is 0 Å². The molecule has 0 fully saturated rings. The molecule has 0 aliphatic rings. The molecule has 0 spiro atoms. The maximum Gasteiger partial charge on any atom is 0.0772 e. The van der Waals surface area contributed by atoms with Gasteiger partial charge in [0.2, 0.25) is 0 Å². The predicted molar refractivity (Wildman–Crippen MR) is 54.8 cm³/mol. The number of aliphatic hydroxyl groups excluding tert-OH is 1. The summed E-state index contributed by atoms with van der Waals surface area (Å²) in [5, 5.41) is 9.93. The van der Waals surface area contributed by atoms with Gasteiger partial charge in [0, 0.05) is 8.59 Å². The molecule has 60 valence electrons. The van der Waals surface area contributed by atoms with Gasteiger partial charge in [-0.3, -0.25) is 0 Å². The molecule has 0 radical (unpaired) electrons. The van der Waals surface area contributed by atoms with E-state index in [9.17, 15) is 5.11 Å². The zero-order valence-corrected chi connectivity index (χ0v) is 8.93. The van der Waals surface area contributed by atoms with Crippen LogP contribution in [0, 0.1) is 3.57 Å². The maximum absolute atomic E-state index is 9.27. The highest BCUT2D eigenvalue weighted by Crippen LogP contribution is 2.23. The molecular formula is C8H8ClIO. The van der Waals surface area contributed by atoms with Crippen molar-refractivity contribution in [1.82, 2.24) is 0 Å². The lowest BCUT2D eigenvalue weighted by Gasteiger charge is -2.06. The first-order valence-electron chi connectivity index (χ1n) is 3.24. The maximum atomic E-state index is 9.27. The van der Waals surface area contributed by atoms with Crippen molar-refractivity contribution in [2.75, 3.05) is 0 Å². The fourth-order valence-corrected chi connectivity index (χ4v) is 1.80. The molecule has 1 unspecified atom stereocenters. The van der Waals surface area contributed by atoms with Crippen LogP contribution >= 0.6 is 34.2 Å². The van der Waals surface area contributed by atoms with E-state index >= 15 is 0 Å². The van der Waals surface area contributed by atoms with Gasteiger partial charge in [0.1, 0.15) is 0 Å². The topological polar surface area (TPSA) is 20.2 Å². The molecule has 0 saturated heterocycles. The van der Waals surface area contributed by atoms with E-state index in [2.05, 4.69) is 22.6 Å². The Kier molecular flexibility index (Phi) is 3.16. The lowest BCUT2D eigenvalue weighted by Crippen LogP contribution is -1.93. The van der Waals surface area contributed by atoms with Gasteiger partial charge in [-0.25, -0.2) is 0 Å². The van der Waals surface area contributed by atoms with Crippen LogP contribution in [-0.2, 0) is 0 Å². The minimum absolute atomic E-state index is 0.444. The summed E-state index contributed by atoms with van der Waals surface area (Å²) in [6, 6.07) is 5.49. The first-order chi connectivity index (χ1) is 5.11. The van der Waals surface area contributed by atoms with Crippen molar-refractivity contribution in [3.8, 4) is 0 Å². The average molecular weight is 283 g/mol. The number of hydrogen-bond acceptors (Lipinski definition) is 1. The van der Waals surface area contributed by atoms with E-state index in [4.69, 9.17) is 11.6 Å². The lowest BCUT2D eigenvalue weighted by molar-refractivity contribution is 0.198. The number of benzene rings is 1. The quantitative estimate of drug-likeness (QED) is 0.785. The standard InChI is InChI=1S/C8H8ClIO/c1-5(11)7-4-6(9)2-3-8(7)10/h2-5,11H,1H3. The summed E-state index contributed by atoms with van der Waals surface area (Å²) in [5.74, 6) is 0. The summed E-state index contributed by atoms with van der Waals surface area (Å²) in [6.45, 7) is 1.73. The van der Waals surface area contributed by atoms with E-state index in [1.54, 1.807) is 13.0 Å². The molecule has 0 amide bonds. The van der Waals surface area contributed by atoms with Gasteiger partial charge in [0.25, 0.3) is 0 Å². The molecule has 1 aromatic carbocycles. The van der Waals surface area contributed by atoms with Gasteiger partial charge in [-0.2, -0.15) is 0 Å². The molecule has 1 N–H and O–H groups in total. The first kappa shape index (κ1) is 9.29. The Balaban J connectivity index is 3.13. The van der Waals surface area contributed by atoms with Crippen molar-refractivity contribution in [2.24, 2.45) is 0 Å². The molecule has 0 aliphatic carbocycles. The smallest absolute Gasteiger partial charge is 0.0772 e. The Hall–Kier alpha value is 0.200. The van der Waals surface area contributed by atoms with Crippen LogP contribution in [0.15, 0.2) is 18.2 Å². The highest BCUT2D eigenvalue weighted by molar-refractivity contribution is 14.1. The summed E-state index contributed by atoms with van der Waals surface area (Å²) in [4.78, 5) is 0. The molecule has 1 nitrogen and oxygen atoms in total. The Morgan fingerprint density at radius 1 is 1.55 bits per heavy atom. The minimum Gasteiger partial charge on any atom is -0.389 e. The molecule has 0 saturated carbocycles. The molecule has 1 aromatic rings. The third-order valence-corrected chi connectivity index (χ3v) is 2.63. The van der Waals surface area contributed by atoms with E-state index in [1.807, 2.05) is 12.1 Å². The van der Waals surface area contributed by atoms with Crippen molar-refractivity contribution in [3.63, 3.8) is 0 Å². The Labute approximate surface area is 84.5 Å². The first-order valence-corrected chi connectivity index (χ1v) is 4.70. The van der Waals surface area contributed by atoms with Gasteiger partial charge in [-0.05, 0) is 53.3 Å². The predicted octanol–water partition coefficient (Wildman–Crippen LogP) is 3.00. The fourth-order valence-electron chi connectivity index (χ4n) is 0.835. The largest absolute Gasteiger partial charge is 0.389 e. The van der Waals surface area contributed by atoms with E-state index in [0.29, 0.717) is 5.02 Å². The van der Waals surface area contributed by atoms with Crippen molar-refractivity contribution in [1.29, 1.82) is 0 Å². The third-order valence-electron chi connectivity index (χ3n) is 1.41. The number of halogens is 2. The summed E-state index contributed by atoms with van der Waals surface area (Å²) in [7, 11) is 0. The Morgan fingerprint density at radius 2 is 2.18 bits per heavy atom. The van der Waals surface area contributed by atoms with Crippen molar-refractivity contribution < 1.29 is 5.11 Å². The zero-order chi connectivity index (χ0) is 8.43. The van der Waals surface area contributed by atoms with Crippen LogP contribution < -0.4 is 0 Å². The molecule has 0 aromatic heterocycles. The summed E-state index contributed by atoms with van der Waals surface area (Å²) >= 11 is 7.92. The molecule has 3 heteroatoms. The van der Waals surface area contributed by atoms with E-state index in [0.717, 1.165) is 9.13 Å². The molecule has 1 rings (SSSR count). The van der Waals surface area contributed by atoms with E-state index < -0.39 is 6.10 Å². The van der Waals surface area contributed by atoms with Gasteiger partial charge >= 0.3 is 0 Å². The normalized spacial score (nSPS) is 13.1. The third kappa shape index (κ3) is 2.32. The number of aliphatic hydroxyl groups is 1. The SMILES string of the molecule is CC(O)c1cc(Cl)ccc1I. The highest BCUT2D eigenvalue weighted by Gasteiger charge is 2.05. The van der Waals surface area contributed by atoms with Gasteiger partial charge in [0.05, 0.1) is 6.10 Å². The van der Waals surface area contributed by atoms with Gasteiger partial charge in [-0.15, -0.1) is 0 Å². The van der Waals surface area contributed by atoms with Crippen molar-refractivity contribution in [3.05, 3.63) is 32.4 Å². The van der Waals surface area contributed by atoms with Crippen LogP contribution in [0.2, 0.25) is 5.02 Å². The molecular weight excluding hydrogens is 274 g/mol. The van der Waals surface area contributed by atoms with Crippen LogP contribution in [0.25, 0.3) is 0 Å². The lowest BCUT2D eigenvalue weighted by atomic mass is 10.1. The van der Waals surface area contributed by atoms with Gasteiger partial charge in [0.15, 0.2) is 0 Å². The Bertz CT molecular complexity index is 260. The van der Waals surface area contributed by atoms with Crippen LogP contribution in [0.5, 0.6) is 0 Å². The average Bonchev–Trinajstić information content (AvgIpc) is 1.94. The zero-order valence-electron chi connectivity index (χ0n) is 6.01. The van der Waals surface area contributed by atoms with E-state index in [1.165, 1.54) is 0 Å². The van der Waals surface area contributed by atoms with Crippen molar-refractivity contribution >= 4 is 34.2 Å². The van der Waals surface area contributed by atoms with Crippen LogP contribution in [0.3, 0.4) is 0 Å². The van der Waals surface area contributed by atoms with Gasteiger partial charge in [-0.1, -0.05) is 11.6 Å². The summed E-state index contributed by atoms with van der Waals surface area (Å²) < 4.78 is 1.04. The molecule has 0 aliphatic heterocycles. The van der Waals surface area contributed by atoms with Crippen LogP contribution in [0.1, 0.15) is 18.6 Å². The van der Waals surface area contributed by atoms with Gasteiger partial charge < -0.3 is 5.11 Å². The minimum atomic E-state index is -0.444. The molecule has 1 atom stereocenters. The monoisotopic (exact) mass is 282 g/mol. The fraction of sp³-hybridized carbons (Fsp3) is 0.250. The van der Waals surface area contributed by atoms with E-state index in [-0.39, 0.29) is 0 Å².